The van der Waals surface area contributed by atoms with E-state index in [2.05, 4.69) is 29.1 Å². The van der Waals surface area contributed by atoms with Crippen molar-refractivity contribution in [3.8, 4) is 0 Å². The van der Waals surface area contributed by atoms with Gasteiger partial charge in [-0.25, -0.2) is 0 Å². The van der Waals surface area contributed by atoms with Crippen LogP contribution >= 0.6 is 0 Å². The van der Waals surface area contributed by atoms with Gasteiger partial charge in [-0.1, -0.05) is 18.9 Å². The van der Waals surface area contributed by atoms with Crippen LogP contribution in [0.1, 0.15) is 31.4 Å². The fourth-order valence-electron chi connectivity index (χ4n) is 3.07. The van der Waals surface area contributed by atoms with Gasteiger partial charge in [0.1, 0.15) is 0 Å². The molecule has 1 aliphatic rings. The molecule has 0 amide bonds. The Morgan fingerprint density at radius 2 is 2.06 bits per heavy atom. The third kappa shape index (κ3) is 3.79. The quantitative estimate of drug-likeness (QED) is 0.868. The minimum absolute atomic E-state index is 0.727. The van der Waals surface area contributed by atoms with E-state index in [9.17, 15) is 0 Å². The van der Waals surface area contributed by atoms with Crippen molar-refractivity contribution in [2.24, 2.45) is 17.6 Å². The Balaban J connectivity index is 1.84. The maximum Gasteiger partial charge on any atom is 0.0543 e. The van der Waals surface area contributed by atoms with Gasteiger partial charge in [0, 0.05) is 19.3 Å². The van der Waals surface area contributed by atoms with E-state index in [1.807, 2.05) is 12.3 Å². The van der Waals surface area contributed by atoms with Gasteiger partial charge in [0.15, 0.2) is 0 Å². The summed E-state index contributed by atoms with van der Waals surface area (Å²) in [5, 5.41) is 0. The van der Waals surface area contributed by atoms with E-state index in [0.29, 0.717) is 0 Å². The number of hydrogen-bond donors (Lipinski definition) is 1. The Kier molecular flexibility index (Phi) is 5.14. The van der Waals surface area contributed by atoms with Crippen molar-refractivity contribution >= 4 is 0 Å². The van der Waals surface area contributed by atoms with Crippen LogP contribution in [-0.2, 0) is 6.54 Å². The molecule has 0 aromatic carbocycles. The van der Waals surface area contributed by atoms with Crippen molar-refractivity contribution in [1.29, 1.82) is 0 Å². The van der Waals surface area contributed by atoms with Crippen molar-refractivity contribution in [1.82, 2.24) is 9.88 Å². The zero-order valence-corrected chi connectivity index (χ0v) is 11.4. The molecule has 0 bridgehead atoms. The van der Waals surface area contributed by atoms with Crippen LogP contribution in [0.2, 0.25) is 0 Å². The predicted molar refractivity (Wildman–Crippen MR) is 75.1 cm³/mol. The summed E-state index contributed by atoms with van der Waals surface area (Å²) in [7, 11) is 2.19. The average Bonchev–Trinajstić information content (AvgIpc) is 2.40. The molecule has 1 aromatic rings. The fraction of sp³-hybridized carbons (Fsp3) is 0.667. The maximum atomic E-state index is 5.89. The molecule has 2 unspecified atom stereocenters. The molecule has 0 aliphatic heterocycles. The van der Waals surface area contributed by atoms with Crippen molar-refractivity contribution in [3.63, 3.8) is 0 Å². The van der Waals surface area contributed by atoms with Gasteiger partial charge < -0.3 is 10.6 Å². The lowest BCUT2D eigenvalue weighted by Crippen LogP contribution is -2.35. The van der Waals surface area contributed by atoms with Gasteiger partial charge in [0.25, 0.3) is 0 Å². The van der Waals surface area contributed by atoms with E-state index in [-0.39, 0.29) is 0 Å². The summed E-state index contributed by atoms with van der Waals surface area (Å²) in [5.74, 6) is 1.50. The van der Waals surface area contributed by atoms with Gasteiger partial charge in [-0.15, -0.1) is 0 Å². The molecule has 0 radical (unpaired) electrons. The standard InChI is InChI=1S/C15H25N3/c1-18(12-15-8-4-5-9-17-15)11-14-7-3-2-6-13(14)10-16/h4-5,8-9,13-14H,2-3,6-7,10-12,16H2,1H3. The lowest BCUT2D eigenvalue weighted by molar-refractivity contribution is 0.169. The third-order valence-corrected chi connectivity index (χ3v) is 4.07. The van der Waals surface area contributed by atoms with Crippen LogP contribution in [0.15, 0.2) is 24.4 Å². The highest BCUT2D eigenvalue weighted by atomic mass is 15.1. The van der Waals surface area contributed by atoms with E-state index >= 15 is 0 Å². The van der Waals surface area contributed by atoms with E-state index in [1.165, 1.54) is 25.7 Å². The average molecular weight is 247 g/mol. The van der Waals surface area contributed by atoms with Crippen LogP contribution in [0.4, 0.5) is 0 Å². The Labute approximate surface area is 110 Å². The molecule has 2 atom stereocenters. The van der Waals surface area contributed by atoms with Crippen LogP contribution in [0.5, 0.6) is 0 Å². The maximum absolute atomic E-state index is 5.89. The molecule has 1 aromatic heterocycles. The van der Waals surface area contributed by atoms with Gasteiger partial charge in [0.2, 0.25) is 0 Å². The first-order valence-corrected chi connectivity index (χ1v) is 7.08. The molecule has 3 nitrogen and oxygen atoms in total. The molecule has 100 valence electrons. The van der Waals surface area contributed by atoms with Gasteiger partial charge in [-0.2, -0.15) is 0 Å². The summed E-state index contributed by atoms with van der Waals surface area (Å²) in [4.78, 5) is 6.77. The molecule has 1 saturated carbocycles. The fourth-order valence-corrected chi connectivity index (χ4v) is 3.07. The molecule has 18 heavy (non-hydrogen) atoms. The Morgan fingerprint density at radius 3 is 2.72 bits per heavy atom. The minimum atomic E-state index is 0.727. The number of nitrogens with two attached hydrogens (primary N) is 1. The normalized spacial score (nSPS) is 24.4. The van der Waals surface area contributed by atoms with Gasteiger partial charge in [-0.3, -0.25) is 4.98 Å². The van der Waals surface area contributed by atoms with Crippen molar-refractivity contribution in [2.45, 2.75) is 32.2 Å². The van der Waals surface area contributed by atoms with Crippen molar-refractivity contribution < 1.29 is 0 Å². The van der Waals surface area contributed by atoms with Crippen LogP contribution < -0.4 is 5.73 Å². The zero-order valence-electron chi connectivity index (χ0n) is 11.4. The number of aromatic nitrogens is 1. The van der Waals surface area contributed by atoms with Crippen LogP contribution in [0, 0.1) is 11.8 Å². The molecule has 1 aliphatic carbocycles. The third-order valence-electron chi connectivity index (χ3n) is 4.07. The number of hydrogen-bond acceptors (Lipinski definition) is 3. The van der Waals surface area contributed by atoms with Crippen LogP contribution in [0.3, 0.4) is 0 Å². The largest absolute Gasteiger partial charge is 0.330 e. The first-order valence-electron chi connectivity index (χ1n) is 7.08. The first kappa shape index (κ1) is 13.5. The second kappa shape index (κ2) is 6.86. The second-order valence-corrected chi connectivity index (χ2v) is 5.56. The summed E-state index contributed by atoms with van der Waals surface area (Å²) >= 11 is 0. The SMILES string of the molecule is CN(Cc1ccccn1)CC1CCCCC1CN. The first-order chi connectivity index (χ1) is 8.79. The summed E-state index contributed by atoms with van der Waals surface area (Å²) < 4.78 is 0. The summed E-state index contributed by atoms with van der Waals surface area (Å²) in [6, 6.07) is 6.12. The Morgan fingerprint density at radius 1 is 1.28 bits per heavy atom. The predicted octanol–water partition coefficient (Wildman–Crippen LogP) is 2.28. The van der Waals surface area contributed by atoms with Gasteiger partial charge in [-0.05, 0) is 50.4 Å². The topological polar surface area (TPSA) is 42.2 Å². The zero-order chi connectivity index (χ0) is 12.8. The molecular weight excluding hydrogens is 222 g/mol. The highest BCUT2D eigenvalue weighted by molar-refractivity contribution is 5.03. The lowest BCUT2D eigenvalue weighted by atomic mass is 9.79. The molecule has 1 fully saturated rings. The monoisotopic (exact) mass is 247 g/mol. The molecule has 0 saturated heterocycles. The van der Waals surface area contributed by atoms with Crippen molar-refractivity contribution in [2.75, 3.05) is 20.1 Å². The number of rotatable bonds is 5. The molecule has 2 rings (SSSR count). The molecule has 3 heteroatoms. The number of pyridine rings is 1. The lowest BCUT2D eigenvalue weighted by Gasteiger charge is -2.33. The van der Waals surface area contributed by atoms with E-state index < -0.39 is 0 Å². The molecular formula is C15H25N3. The minimum Gasteiger partial charge on any atom is -0.330 e. The van der Waals surface area contributed by atoms with Gasteiger partial charge in [0.05, 0.1) is 5.69 Å². The van der Waals surface area contributed by atoms with Gasteiger partial charge >= 0.3 is 0 Å². The summed E-state index contributed by atoms with van der Waals surface area (Å²) in [6.45, 7) is 2.94. The summed E-state index contributed by atoms with van der Waals surface area (Å²) in [5.41, 5.74) is 7.04. The highest BCUT2D eigenvalue weighted by Gasteiger charge is 2.24. The Bertz CT molecular complexity index is 339. The van der Waals surface area contributed by atoms with E-state index in [0.717, 1.165) is 37.2 Å². The molecule has 2 N–H and O–H groups in total. The van der Waals surface area contributed by atoms with Crippen LogP contribution in [-0.4, -0.2) is 30.0 Å². The van der Waals surface area contributed by atoms with E-state index in [4.69, 9.17) is 5.73 Å². The smallest absolute Gasteiger partial charge is 0.0543 e. The number of nitrogens with zero attached hydrogens (tertiary/aromatic N) is 2. The van der Waals surface area contributed by atoms with Crippen molar-refractivity contribution in [3.05, 3.63) is 30.1 Å². The van der Waals surface area contributed by atoms with E-state index in [1.54, 1.807) is 0 Å². The van der Waals surface area contributed by atoms with Crippen LogP contribution in [0.25, 0.3) is 0 Å². The second-order valence-electron chi connectivity index (χ2n) is 5.56. The molecule has 0 spiro atoms. The highest BCUT2D eigenvalue weighted by Crippen LogP contribution is 2.29. The molecule has 1 heterocycles. The summed E-state index contributed by atoms with van der Waals surface area (Å²) in [6.07, 6.45) is 7.26. The Hall–Kier alpha value is -0.930.